The SMILES string of the molecule is CC(=O)c1c(C)[nH]c(C(=O)COc2ccc(F)c3c2C(=O)C[C@@H]3C)c1C. The van der Waals surface area contributed by atoms with Crippen LogP contribution >= 0.6 is 0 Å². The zero-order valence-corrected chi connectivity index (χ0v) is 15.2. The minimum atomic E-state index is -0.432. The molecule has 0 unspecified atom stereocenters. The normalized spacial score (nSPS) is 15.9. The summed E-state index contributed by atoms with van der Waals surface area (Å²) < 4.78 is 19.6. The number of aryl methyl sites for hydroxylation is 1. The average molecular weight is 357 g/mol. The highest BCUT2D eigenvalue weighted by Gasteiger charge is 2.32. The van der Waals surface area contributed by atoms with Gasteiger partial charge in [0.1, 0.15) is 11.6 Å². The molecule has 136 valence electrons. The summed E-state index contributed by atoms with van der Waals surface area (Å²) in [6.07, 6.45) is 0.234. The number of carbonyl (C=O) groups excluding carboxylic acids is 3. The second kappa shape index (κ2) is 6.52. The molecule has 0 saturated heterocycles. The maximum Gasteiger partial charge on any atom is 0.216 e. The summed E-state index contributed by atoms with van der Waals surface area (Å²) in [6.45, 7) is 6.36. The highest BCUT2D eigenvalue weighted by Crippen LogP contribution is 2.39. The molecule has 6 heteroatoms. The van der Waals surface area contributed by atoms with Gasteiger partial charge in [0.25, 0.3) is 0 Å². The zero-order chi connectivity index (χ0) is 19.2. The van der Waals surface area contributed by atoms with Gasteiger partial charge in [-0.2, -0.15) is 0 Å². The topological polar surface area (TPSA) is 76.2 Å². The first-order valence-corrected chi connectivity index (χ1v) is 8.44. The van der Waals surface area contributed by atoms with E-state index >= 15 is 0 Å². The van der Waals surface area contributed by atoms with Crippen LogP contribution in [0.1, 0.15) is 74.2 Å². The average Bonchev–Trinajstić information content (AvgIpc) is 3.03. The molecule has 26 heavy (non-hydrogen) atoms. The van der Waals surface area contributed by atoms with Crippen LogP contribution in [0.4, 0.5) is 4.39 Å². The summed E-state index contributed by atoms with van der Waals surface area (Å²) in [4.78, 5) is 39.3. The van der Waals surface area contributed by atoms with Gasteiger partial charge >= 0.3 is 0 Å². The van der Waals surface area contributed by atoms with Gasteiger partial charge in [-0.15, -0.1) is 0 Å². The zero-order valence-electron chi connectivity index (χ0n) is 15.2. The Labute approximate surface area is 150 Å². The van der Waals surface area contributed by atoms with Crippen molar-refractivity contribution in [1.29, 1.82) is 0 Å². The molecule has 1 aliphatic carbocycles. The van der Waals surface area contributed by atoms with Crippen LogP contribution < -0.4 is 4.74 Å². The van der Waals surface area contributed by atoms with Crippen LogP contribution in [0.3, 0.4) is 0 Å². The summed E-state index contributed by atoms with van der Waals surface area (Å²) in [5.74, 6) is -1.05. The number of ether oxygens (including phenoxy) is 1. The van der Waals surface area contributed by atoms with Crippen LogP contribution in [0.15, 0.2) is 12.1 Å². The number of halogens is 1. The number of aromatic amines is 1. The van der Waals surface area contributed by atoms with Gasteiger partial charge in [0, 0.05) is 23.2 Å². The third kappa shape index (κ3) is 2.85. The fourth-order valence-electron chi connectivity index (χ4n) is 3.72. The van der Waals surface area contributed by atoms with Crippen molar-refractivity contribution in [3.8, 4) is 5.75 Å². The van der Waals surface area contributed by atoms with Crippen LogP contribution in [-0.2, 0) is 0 Å². The maximum absolute atomic E-state index is 14.0. The lowest BCUT2D eigenvalue weighted by Crippen LogP contribution is -2.15. The Hall–Kier alpha value is -2.76. The second-order valence-corrected chi connectivity index (χ2v) is 6.76. The molecular weight excluding hydrogens is 337 g/mol. The van der Waals surface area contributed by atoms with Gasteiger partial charge in [-0.1, -0.05) is 6.92 Å². The Bertz CT molecular complexity index is 942. The molecule has 0 spiro atoms. The fraction of sp³-hybridized carbons (Fsp3) is 0.350. The fourth-order valence-corrected chi connectivity index (χ4v) is 3.72. The quantitative estimate of drug-likeness (QED) is 0.823. The number of carbonyl (C=O) groups is 3. The van der Waals surface area contributed by atoms with Crippen LogP contribution in [0.5, 0.6) is 5.75 Å². The van der Waals surface area contributed by atoms with Gasteiger partial charge < -0.3 is 9.72 Å². The molecule has 5 nitrogen and oxygen atoms in total. The lowest BCUT2D eigenvalue weighted by molar-refractivity contribution is 0.0907. The smallest absolute Gasteiger partial charge is 0.216 e. The predicted octanol–water partition coefficient (Wildman–Crippen LogP) is 3.92. The minimum Gasteiger partial charge on any atom is -0.485 e. The van der Waals surface area contributed by atoms with Crippen molar-refractivity contribution in [3.63, 3.8) is 0 Å². The molecule has 0 saturated carbocycles. The number of hydrogen-bond acceptors (Lipinski definition) is 4. The third-order valence-electron chi connectivity index (χ3n) is 4.84. The van der Waals surface area contributed by atoms with Crippen LogP contribution in [-0.4, -0.2) is 28.9 Å². The predicted molar refractivity (Wildman–Crippen MR) is 93.9 cm³/mol. The van der Waals surface area contributed by atoms with Crippen molar-refractivity contribution in [2.75, 3.05) is 6.61 Å². The largest absolute Gasteiger partial charge is 0.485 e. The van der Waals surface area contributed by atoms with Gasteiger partial charge in [-0.25, -0.2) is 4.39 Å². The number of ketones is 3. The van der Waals surface area contributed by atoms with E-state index in [1.165, 1.54) is 19.1 Å². The number of H-pyrrole nitrogens is 1. The monoisotopic (exact) mass is 357 g/mol. The van der Waals surface area contributed by atoms with E-state index < -0.39 is 5.82 Å². The van der Waals surface area contributed by atoms with Gasteiger partial charge in [0.15, 0.2) is 18.2 Å². The van der Waals surface area contributed by atoms with Crippen LogP contribution in [0.25, 0.3) is 0 Å². The van der Waals surface area contributed by atoms with Crippen molar-refractivity contribution in [2.45, 2.75) is 40.0 Å². The number of rotatable bonds is 5. The second-order valence-electron chi connectivity index (χ2n) is 6.76. The van der Waals surface area contributed by atoms with Gasteiger partial charge in [0.05, 0.1) is 11.3 Å². The number of nitrogens with one attached hydrogen (secondary N) is 1. The maximum atomic E-state index is 14.0. The van der Waals surface area contributed by atoms with E-state index in [0.29, 0.717) is 28.1 Å². The standard InChI is InChI=1S/C20H20FNO4/c1-9-7-14(24)19-16(6-5-13(21)17(9)19)26-8-15(25)20-10(2)18(12(4)23)11(3)22-20/h5-6,9,22H,7-8H2,1-4H3/t9-/m0/s1. The summed E-state index contributed by atoms with van der Waals surface area (Å²) in [5.41, 5.74) is 2.61. The number of Topliss-reactive ketones (excluding diaryl/α,β-unsaturated/α-hetero) is 3. The van der Waals surface area contributed by atoms with Crippen LogP contribution in [0.2, 0.25) is 0 Å². The summed E-state index contributed by atoms with van der Waals surface area (Å²) in [6, 6.07) is 2.64. The molecule has 1 aromatic heterocycles. The molecule has 1 aromatic carbocycles. The van der Waals surface area contributed by atoms with Crippen molar-refractivity contribution >= 4 is 17.3 Å². The van der Waals surface area contributed by atoms with Crippen molar-refractivity contribution < 1.29 is 23.5 Å². The molecule has 1 aliphatic rings. The molecule has 0 bridgehead atoms. The molecule has 2 aromatic rings. The van der Waals surface area contributed by atoms with E-state index in [1.807, 2.05) is 0 Å². The molecule has 1 atom stereocenters. The third-order valence-corrected chi connectivity index (χ3v) is 4.84. The van der Waals surface area contributed by atoms with E-state index in [0.717, 1.165) is 0 Å². The Morgan fingerprint density at radius 2 is 2.00 bits per heavy atom. The van der Waals surface area contributed by atoms with Crippen LogP contribution in [0, 0.1) is 19.7 Å². The molecular formula is C20H20FNO4. The molecule has 0 radical (unpaired) electrons. The highest BCUT2D eigenvalue weighted by molar-refractivity contribution is 6.05. The van der Waals surface area contributed by atoms with Gasteiger partial charge in [-0.05, 0) is 44.4 Å². The number of hydrogen-bond donors (Lipinski definition) is 1. The highest BCUT2D eigenvalue weighted by atomic mass is 19.1. The van der Waals surface area contributed by atoms with Crippen molar-refractivity contribution in [3.05, 3.63) is 51.6 Å². The Morgan fingerprint density at radius 1 is 1.31 bits per heavy atom. The van der Waals surface area contributed by atoms with Gasteiger partial charge in [-0.3, -0.25) is 14.4 Å². The van der Waals surface area contributed by atoms with E-state index in [2.05, 4.69) is 4.98 Å². The summed E-state index contributed by atoms with van der Waals surface area (Å²) >= 11 is 0. The Kier molecular flexibility index (Phi) is 4.52. The Morgan fingerprint density at radius 3 is 2.62 bits per heavy atom. The molecule has 0 aliphatic heterocycles. The summed E-state index contributed by atoms with van der Waals surface area (Å²) in [5, 5.41) is 0. The molecule has 3 rings (SSSR count). The van der Waals surface area contributed by atoms with E-state index in [9.17, 15) is 18.8 Å². The first-order chi connectivity index (χ1) is 12.2. The van der Waals surface area contributed by atoms with E-state index in [4.69, 9.17) is 4.74 Å². The number of aromatic nitrogens is 1. The van der Waals surface area contributed by atoms with E-state index in [-0.39, 0.29) is 47.6 Å². The molecule has 1 heterocycles. The molecule has 0 fully saturated rings. The van der Waals surface area contributed by atoms with Crippen molar-refractivity contribution in [1.82, 2.24) is 4.98 Å². The number of benzene rings is 1. The lowest BCUT2D eigenvalue weighted by atomic mass is 10.0. The number of fused-ring (bicyclic) bond motifs is 1. The first-order valence-electron chi connectivity index (χ1n) is 8.44. The first kappa shape index (κ1) is 18.0. The lowest BCUT2D eigenvalue weighted by Gasteiger charge is -2.11. The van der Waals surface area contributed by atoms with Crippen molar-refractivity contribution in [2.24, 2.45) is 0 Å². The Balaban J connectivity index is 1.85. The van der Waals surface area contributed by atoms with Gasteiger partial charge in [0.2, 0.25) is 5.78 Å². The molecule has 0 amide bonds. The minimum absolute atomic E-state index is 0.118. The van der Waals surface area contributed by atoms with E-state index in [1.54, 1.807) is 20.8 Å². The molecule has 1 N–H and O–H groups in total. The summed E-state index contributed by atoms with van der Waals surface area (Å²) in [7, 11) is 0.